The Hall–Kier alpha value is -1.62. The minimum atomic E-state index is -1.24. The molecule has 1 saturated heterocycles. The molecule has 0 spiro atoms. The second kappa shape index (κ2) is 6.02. The minimum absolute atomic E-state index is 0.288. The molecule has 0 amide bonds. The minimum Gasteiger partial charge on any atom is -0.478 e. The van der Waals surface area contributed by atoms with E-state index in [0.29, 0.717) is 11.7 Å². The molecule has 0 aliphatic carbocycles. The van der Waals surface area contributed by atoms with E-state index in [1.807, 2.05) is 0 Å². The first kappa shape index (κ1) is 13.8. The number of anilines is 1. The molecule has 1 aromatic carbocycles. The number of carbonyl (C=O) groups is 1. The van der Waals surface area contributed by atoms with Gasteiger partial charge in [0.2, 0.25) is 0 Å². The first-order chi connectivity index (χ1) is 9.10. The number of likely N-dealkylation sites (N-methyl/N-ethyl adjacent to an activating group) is 1. The highest BCUT2D eigenvalue weighted by atomic mass is 19.1. The standard InChI is InChI=1S/C14H19FN2O2/c1-2-17-7-3-4-11(9-17)16-10-5-6-12(14(18)19)13(15)8-10/h5-6,8,11,16H,2-4,7,9H2,1H3,(H,18,19). The summed E-state index contributed by atoms with van der Waals surface area (Å²) in [6, 6.07) is 4.48. The third-order valence-electron chi connectivity index (χ3n) is 3.52. The van der Waals surface area contributed by atoms with Crippen molar-refractivity contribution in [3.8, 4) is 0 Å². The predicted octanol–water partition coefficient (Wildman–Crippen LogP) is 2.42. The summed E-state index contributed by atoms with van der Waals surface area (Å²) in [5.41, 5.74) is 0.356. The Kier molecular flexibility index (Phi) is 4.37. The zero-order valence-electron chi connectivity index (χ0n) is 11.0. The molecule has 0 bridgehead atoms. The third-order valence-corrected chi connectivity index (χ3v) is 3.52. The van der Waals surface area contributed by atoms with Crippen molar-refractivity contribution in [3.63, 3.8) is 0 Å². The number of piperidine rings is 1. The lowest BCUT2D eigenvalue weighted by molar-refractivity contribution is 0.0692. The molecule has 5 heteroatoms. The summed E-state index contributed by atoms with van der Waals surface area (Å²) in [5.74, 6) is -1.93. The zero-order valence-corrected chi connectivity index (χ0v) is 11.0. The Morgan fingerprint density at radius 1 is 1.58 bits per heavy atom. The maximum atomic E-state index is 13.6. The van der Waals surface area contributed by atoms with Crippen LogP contribution in [0.2, 0.25) is 0 Å². The van der Waals surface area contributed by atoms with Crippen molar-refractivity contribution in [2.75, 3.05) is 25.0 Å². The molecule has 0 aromatic heterocycles. The predicted molar refractivity (Wildman–Crippen MR) is 72.1 cm³/mol. The lowest BCUT2D eigenvalue weighted by Gasteiger charge is -2.32. The average Bonchev–Trinajstić information content (AvgIpc) is 2.38. The molecule has 4 nitrogen and oxygen atoms in total. The van der Waals surface area contributed by atoms with Crippen LogP contribution in [-0.4, -0.2) is 41.7 Å². The Balaban J connectivity index is 2.03. The number of nitrogens with zero attached hydrogens (tertiary/aromatic N) is 1. The second-order valence-electron chi connectivity index (χ2n) is 4.88. The normalized spacial score (nSPS) is 20.2. The van der Waals surface area contributed by atoms with E-state index in [2.05, 4.69) is 17.1 Å². The van der Waals surface area contributed by atoms with Gasteiger partial charge in [0.25, 0.3) is 0 Å². The summed E-state index contributed by atoms with van der Waals surface area (Å²) in [6.45, 7) is 5.20. The number of nitrogens with one attached hydrogen (secondary N) is 1. The van der Waals surface area contributed by atoms with E-state index in [1.54, 1.807) is 6.07 Å². The molecular weight excluding hydrogens is 247 g/mol. The quantitative estimate of drug-likeness (QED) is 0.878. The van der Waals surface area contributed by atoms with E-state index in [1.165, 1.54) is 12.1 Å². The Labute approximate surface area is 112 Å². The van der Waals surface area contributed by atoms with Gasteiger partial charge in [0.15, 0.2) is 0 Å². The highest BCUT2D eigenvalue weighted by molar-refractivity contribution is 5.88. The van der Waals surface area contributed by atoms with E-state index in [-0.39, 0.29) is 5.56 Å². The SMILES string of the molecule is CCN1CCCC(Nc2ccc(C(=O)O)c(F)c2)C1. The van der Waals surface area contributed by atoms with Crippen LogP contribution < -0.4 is 5.32 Å². The van der Waals surface area contributed by atoms with Crippen LogP contribution in [0.5, 0.6) is 0 Å². The van der Waals surface area contributed by atoms with Crippen molar-refractivity contribution < 1.29 is 14.3 Å². The lowest BCUT2D eigenvalue weighted by Crippen LogP contribution is -2.41. The maximum Gasteiger partial charge on any atom is 0.338 e. The van der Waals surface area contributed by atoms with Gasteiger partial charge in [0.05, 0.1) is 5.56 Å². The largest absolute Gasteiger partial charge is 0.478 e. The molecule has 0 radical (unpaired) electrons. The molecule has 1 aliphatic heterocycles. The molecule has 1 aliphatic rings. The number of aromatic carboxylic acids is 1. The number of hydrogen-bond donors (Lipinski definition) is 2. The van der Waals surface area contributed by atoms with Crippen LogP contribution in [0.15, 0.2) is 18.2 Å². The maximum absolute atomic E-state index is 13.6. The highest BCUT2D eigenvalue weighted by Gasteiger charge is 2.19. The van der Waals surface area contributed by atoms with Gasteiger partial charge in [-0.25, -0.2) is 9.18 Å². The number of hydrogen-bond acceptors (Lipinski definition) is 3. The lowest BCUT2D eigenvalue weighted by atomic mass is 10.1. The topological polar surface area (TPSA) is 52.6 Å². The molecule has 1 fully saturated rings. The molecule has 1 heterocycles. The van der Waals surface area contributed by atoms with E-state index in [4.69, 9.17) is 5.11 Å². The smallest absolute Gasteiger partial charge is 0.338 e. The summed E-state index contributed by atoms with van der Waals surface area (Å²) in [7, 11) is 0. The van der Waals surface area contributed by atoms with Crippen LogP contribution >= 0.6 is 0 Å². The van der Waals surface area contributed by atoms with Crippen LogP contribution in [0.4, 0.5) is 10.1 Å². The van der Waals surface area contributed by atoms with Crippen LogP contribution in [-0.2, 0) is 0 Å². The molecule has 1 unspecified atom stereocenters. The van der Waals surface area contributed by atoms with Gasteiger partial charge in [-0.05, 0) is 44.1 Å². The molecule has 19 heavy (non-hydrogen) atoms. The van der Waals surface area contributed by atoms with Crippen molar-refractivity contribution in [1.82, 2.24) is 4.90 Å². The Morgan fingerprint density at radius 2 is 2.37 bits per heavy atom. The first-order valence-electron chi connectivity index (χ1n) is 6.62. The van der Waals surface area contributed by atoms with Crippen LogP contribution in [0.3, 0.4) is 0 Å². The Morgan fingerprint density at radius 3 is 3.00 bits per heavy atom. The molecule has 0 saturated carbocycles. The first-order valence-corrected chi connectivity index (χ1v) is 6.62. The zero-order chi connectivity index (χ0) is 13.8. The monoisotopic (exact) mass is 266 g/mol. The van der Waals surface area contributed by atoms with Crippen LogP contribution in [0.1, 0.15) is 30.1 Å². The Bertz CT molecular complexity index is 465. The van der Waals surface area contributed by atoms with Crippen LogP contribution in [0.25, 0.3) is 0 Å². The van der Waals surface area contributed by atoms with Gasteiger partial charge in [-0.3, -0.25) is 0 Å². The van der Waals surface area contributed by atoms with Gasteiger partial charge in [0, 0.05) is 18.3 Å². The fraction of sp³-hybridized carbons (Fsp3) is 0.500. The average molecular weight is 266 g/mol. The summed E-state index contributed by atoms with van der Waals surface area (Å²) in [6.07, 6.45) is 2.18. The molecule has 104 valence electrons. The molecule has 2 N–H and O–H groups in total. The molecule has 1 aromatic rings. The summed E-state index contributed by atoms with van der Waals surface area (Å²) < 4.78 is 13.6. The number of likely N-dealkylation sites (tertiary alicyclic amines) is 1. The van der Waals surface area contributed by atoms with Crippen molar-refractivity contribution in [1.29, 1.82) is 0 Å². The second-order valence-corrected chi connectivity index (χ2v) is 4.88. The van der Waals surface area contributed by atoms with Gasteiger partial charge in [-0.1, -0.05) is 6.92 Å². The summed E-state index contributed by atoms with van der Waals surface area (Å²) >= 11 is 0. The van der Waals surface area contributed by atoms with Gasteiger partial charge in [-0.15, -0.1) is 0 Å². The third kappa shape index (κ3) is 3.44. The molecular formula is C14H19FN2O2. The van der Waals surface area contributed by atoms with Crippen LogP contribution in [0, 0.1) is 5.82 Å². The number of benzene rings is 1. The van der Waals surface area contributed by atoms with Gasteiger partial charge < -0.3 is 15.3 Å². The van der Waals surface area contributed by atoms with E-state index in [0.717, 1.165) is 32.5 Å². The van der Waals surface area contributed by atoms with E-state index < -0.39 is 11.8 Å². The van der Waals surface area contributed by atoms with Crippen molar-refractivity contribution in [2.45, 2.75) is 25.8 Å². The fourth-order valence-corrected chi connectivity index (χ4v) is 2.47. The van der Waals surface area contributed by atoms with Crippen molar-refractivity contribution >= 4 is 11.7 Å². The molecule has 1 atom stereocenters. The van der Waals surface area contributed by atoms with Gasteiger partial charge in [0.1, 0.15) is 5.82 Å². The van der Waals surface area contributed by atoms with E-state index >= 15 is 0 Å². The fourth-order valence-electron chi connectivity index (χ4n) is 2.47. The summed E-state index contributed by atoms with van der Waals surface area (Å²) in [5, 5.41) is 12.1. The van der Waals surface area contributed by atoms with Crippen molar-refractivity contribution in [2.24, 2.45) is 0 Å². The molecule has 2 rings (SSSR count). The van der Waals surface area contributed by atoms with Gasteiger partial charge >= 0.3 is 5.97 Å². The number of carboxylic acids is 1. The summed E-state index contributed by atoms with van der Waals surface area (Å²) in [4.78, 5) is 13.1. The van der Waals surface area contributed by atoms with Gasteiger partial charge in [-0.2, -0.15) is 0 Å². The van der Waals surface area contributed by atoms with Crippen molar-refractivity contribution in [3.05, 3.63) is 29.6 Å². The van der Waals surface area contributed by atoms with E-state index in [9.17, 15) is 9.18 Å². The number of rotatable bonds is 4. The number of carboxylic acid groups (broad SMARTS) is 1. The highest BCUT2D eigenvalue weighted by Crippen LogP contribution is 2.19. The number of halogens is 1.